The third kappa shape index (κ3) is 4.38. The summed E-state index contributed by atoms with van der Waals surface area (Å²) < 4.78 is 0. The third-order valence-corrected chi connectivity index (χ3v) is 7.05. The Kier molecular flexibility index (Phi) is 6.24. The summed E-state index contributed by atoms with van der Waals surface area (Å²) in [5.74, 6) is 0.936. The number of aromatic nitrogens is 1. The number of para-hydroxylation sites is 1. The van der Waals surface area contributed by atoms with Gasteiger partial charge in [0.05, 0.1) is 11.2 Å². The van der Waals surface area contributed by atoms with Gasteiger partial charge in [-0.1, -0.05) is 54.6 Å². The van der Waals surface area contributed by atoms with Gasteiger partial charge < -0.3 is 20.9 Å². The molecule has 4 aromatic rings. The first-order valence-electron chi connectivity index (χ1n) is 11.9. The van der Waals surface area contributed by atoms with Crippen LogP contribution < -0.4 is 20.9 Å². The van der Waals surface area contributed by atoms with Gasteiger partial charge in [-0.25, -0.2) is 4.98 Å². The van der Waals surface area contributed by atoms with E-state index in [-0.39, 0.29) is 0 Å². The van der Waals surface area contributed by atoms with Crippen LogP contribution in [0.2, 0.25) is 0 Å². The van der Waals surface area contributed by atoms with Gasteiger partial charge in [0.15, 0.2) is 5.11 Å². The maximum absolute atomic E-state index is 6.27. The van der Waals surface area contributed by atoms with Gasteiger partial charge in [0.1, 0.15) is 5.82 Å². The molecule has 0 atom stereocenters. The molecule has 174 valence electrons. The van der Waals surface area contributed by atoms with Crippen LogP contribution in [0.3, 0.4) is 0 Å². The summed E-state index contributed by atoms with van der Waals surface area (Å²) in [6.45, 7) is 0. The zero-order valence-corrected chi connectivity index (χ0v) is 20.6. The Hall–Kier alpha value is -3.38. The summed E-state index contributed by atoms with van der Waals surface area (Å²) in [7, 11) is 4.16. The van der Waals surface area contributed by atoms with E-state index in [1.165, 1.54) is 21.8 Å². The van der Waals surface area contributed by atoms with Crippen molar-refractivity contribution in [1.29, 1.82) is 0 Å². The summed E-state index contributed by atoms with van der Waals surface area (Å²) in [5.41, 5.74) is 9.57. The van der Waals surface area contributed by atoms with Crippen LogP contribution in [0.25, 0.3) is 21.7 Å². The van der Waals surface area contributed by atoms with Gasteiger partial charge in [0.2, 0.25) is 0 Å². The SMILES string of the molecule is CN(C)c1cc(NC2CCC(N(C(N)=S)c3cccc4ccccc34)CC2)nc2ccccc12. The fourth-order valence-electron chi connectivity index (χ4n) is 5.20. The van der Waals surface area contributed by atoms with Crippen LogP contribution >= 0.6 is 12.2 Å². The van der Waals surface area contributed by atoms with Gasteiger partial charge in [0.25, 0.3) is 0 Å². The van der Waals surface area contributed by atoms with E-state index in [0.717, 1.165) is 42.7 Å². The highest BCUT2D eigenvalue weighted by Gasteiger charge is 2.28. The molecule has 1 aliphatic carbocycles. The van der Waals surface area contributed by atoms with E-state index in [9.17, 15) is 0 Å². The molecule has 0 bridgehead atoms. The first-order valence-corrected chi connectivity index (χ1v) is 12.3. The van der Waals surface area contributed by atoms with Crippen LogP contribution in [0, 0.1) is 0 Å². The third-order valence-electron chi connectivity index (χ3n) is 6.85. The molecule has 6 heteroatoms. The maximum Gasteiger partial charge on any atom is 0.171 e. The maximum atomic E-state index is 6.27. The molecule has 1 fully saturated rings. The Labute approximate surface area is 206 Å². The molecule has 0 saturated heterocycles. The van der Waals surface area contributed by atoms with Gasteiger partial charge in [0, 0.05) is 48.7 Å². The molecular weight excluding hydrogens is 438 g/mol. The Morgan fingerprint density at radius 2 is 1.56 bits per heavy atom. The fourth-order valence-corrected chi connectivity index (χ4v) is 5.45. The molecule has 1 heterocycles. The molecule has 0 unspecified atom stereocenters. The van der Waals surface area contributed by atoms with Gasteiger partial charge >= 0.3 is 0 Å². The summed E-state index contributed by atoms with van der Waals surface area (Å²) in [4.78, 5) is 9.21. The summed E-state index contributed by atoms with van der Waals surface area (Å²) >= 11 is 5.53. The lowest BCUT2D eigenvalue weighted by Gasteiger charge is -2.38. The lowest BCUT2D eigenvalue weighted by atomic mass is 9.89. The minimum absolute atomic E-state index is 0.295. The number of fused-ring (bicyclic) bond motifs is 2. The van der Waals surface area contributed by atoms with Crippen LogP contribution in [-0.2, 0) is 0 Å². The monoisotopic (exact) mass is 469 g/mol. The standard InChI is InChI=1S/C28H31N5S/c1-32(2)26-18-27(31-24-12-6-5-11-23(24)26)30-20-14-16-21(17-15-20)33(28(29)34)25-13-7-9-19-8-3-4-10-22(19)25/h3-13,18,20-21H,14-17H2,1-2H3,(H2,29,34)(H,30,31). The number of nitrogens with two attached hydrogens (primary N) is 1. The van der Waals surface area contributed by atoms with E-state index in [1.807, 2.05) is 6.07 Å². The molecule has 3 aromatic carbocycles. The highest BCUT2D eigenvalue weighted by Crippen LogP contribution is 2.34. The molecule has 1 aliphatic rings. The van der Waals surface area contributed by atoms with Crippen molar-refractivity contribution in [2.75, 3.05) is 29.2 Å². The fraction of sp³-hybridized carbons (Fsp3) is 0.286. The summed E-state index contributed by atoms with van der Waals surface area (Å²) in [6, 6.07) is 25.9. The first kappa shape index (κ1) is 22.4. The number of hydrogen-bond donors (Lipinski definition) is 2. The van der Waals surface area contributed by atoms with E-state index in [2.05, 4.69) is 95.9 Å². The minimum Gasteiger partial charge on any atom is -0.377 e. The number of pyridine rings is 1. The van der Waals surface area contributed by atoms with Crippen molar-refractivity contribution in [1.82, 2.24) is 4.98 Å². The number of thiocarbonyl (C=S) groups is 1. The van der Waals surface area contributed by atoms with Gasteiger partial charge in [-0.05, 0) is 55.4 Å². The Balaban J connectivity index is 1.34. The zero-order valence-electron chi connectivity index (χ0n) is 19.7. The van der Waals surface area contributed by atoms with Crippen molar-refractivity contribution in [2.45, 2.75) is 37.8 Å². The minimum atomic E-state index is 0.295. The van der Waals surface area contributed by atoms with Gasteiger partial charge in [-0.2, -0.15) is 0 Å². The van der Waals surface area contributed by atoms with Crippen molar-refractivity contribution < 1.29 is 0 Å². The van der Waals surface area contributed by atoms with Gasteiger partial charge in [-0.15, -0.1) is 0 Å². The van der Waals surface area contributed by atoms with E-state index < -0.39 is 0 Å². The lowest BCUT2D eigenvalue weighted by Crippen LogP contribution is -2.46. The number of nitrogens with zero attached hydrogens (tertiary/aromatic N) is 3. The molecule has 5 rings (SSSR count). The smallest absolute Gasteiger partial charge is 0.171 e. The van der Waals surface area contributed by atoms with Crippen molar-refractivity contribution in [2.24, 2.45) is 5.73 Å². The van der Waals surface area contributed by atoms with E-state index in [4.69, 9.17) is 22.9 Å². The summed E-state index contributed by atoms with van der Waals surface area (Å²) in [5, 5.41) is 7.71. The number of rotatable bonds is 5. The second-order valence-corrected chi connectivity index (χ2v) is 9.71. The highest BCUT2D eigenvalue weighted by atomic mass is 32.1. The molecule has 5 nitrogen and oxygen atoms in total. The summed E-state index contributed by atoms with van der Waals surface area (Å²) in [6.07, 6.45) is 4.12. The van der Waals surface area contributed by atoms with Crippen molar-refractivity contribution in [3.8, 4) is 0 Å². The average molecular weight is 470 g/mol. The number of nitrogens with one attached hydrogen (secondary N) is 1. The highest BCUT2D eigenvalue weighted by molar-refractivity contribution is 7.80. The predicted octanol–water partition coefficient (Wildman–Crippen LogP) is 5.93. The molecule has 0 aliphatic heterocycles. The normalized spacial score (nSPS) is 18.1. The Morgan fingerprint density at radius 3 is 2.29 bits per heavy atom. The number of anilines is 3. The zero-order chi connectivity index (χ0) is 23.7. The molecule has 0 amide bonds. The Morgan fingerprint density at radius 1 is 0.882 bits per heavy atom. The molecule has 0 radical (unpaired) electrons. The van der Waals surface area contributed by atoms with Crippen molar-refractivity contribution >= 4 is 56.2 Å². The number of benzene rings is 3. The predicted molar refractivity (Wildman–Crippen MR) is 149 cm³/mol. The molecule has 3 N–H and O–H groups in total. The van der Waals surface area contributed by atoms with Crippen molar-refractivity contribution in [3.05, 3.63) is 72.8 Å². The molecule has 0 spiro atoms. The molecular formula is C28H31N5S. The Bertz CT molecular complexity index is 1320. The second kappa shape index (κ2) is 9.47. The van der Waals surface area contributed by atoms with Crippen molar-refractivity contribution in [3.63, 3.8) is 0 Å². The molecule has 34 heavy (non-hydrogen) atoms. The largest absolute Gasteiger partial charge is 0.377 e. The van der Waals surface area contributed by atoms with Crippen LogP contribution in [0.15, 0.2) is 72.8 Å². The topological polar surface area (TPSA) is 57.4 Å². The second-order valence-electron chi connectivity index (χ2n) is 9.29. The van der Waals surface area contributed by atoms with Crippen LogP contribution in [0.1, 0.15) is 25.7 Å². The van der Waals surface area contributed by atoms with Crippen LogP contribution in [-0.4, -0.2) is 36.3 Å². The van der Waals surface area contributed by atoms with Crippen LogP contribution in [0.5, 0.6) is 0 Å². The van der Waals surface area contributed by atoms with Crippen LogP contribution in [0.4, 0.5) is 17.2 Å². The quantitative estimate of drug-likeness (QED) is 0.354. The molecule has 1 saturated carbocycles. The number of hydrogen-bond acceptors (Lipinski definition) is 4. The van der Waals surface area contributed by atoms with E-state index in [0.29, 0.717) is 17.2 Å². The molecule has 1 aromatic heterocycles. The average Bonchev–Trinajstić information content (AvgIpc) is 2.84. The van der Waals surface area contributed by atoms with Gasteiger partial charge in [-0.3, -0.25) is 0 Å². The van der Waals surface area contributed by atoms with E-state index >= 15 is 0 Å². The lowest BCUT2D eigenvalue weighted by molar-refractivity contribution is 0.410. The van der Waals surface area contributed by atoms with E-state index in [1.54, 1.807) is 0 Å². The first-order chi connectivity index (χ1) is 16.5.